The van der Waals surface area contributed by atoms with Gasteiger partial charge < -0.3 is 10.0 Å². The van der Waals surface area contributed by atoms with Gasteiger partial charge in [-0.2, -0.15) is 9.90 Å². The number of carboxylic acid groups (broad SMARTS) is 1. The average Bonchev–Trinajstić information content (AvgIpc) is 2.97. The van der Waals surface area contributed by atoms with E-state index in [2.05, 4.69) is 10.2 Å². The number of para-hydroxylation sites is 1. The van der Waals surface area contributed by atoms with E-state index in [0.717, 1.165) is 5.69 Å². The van der Waals surface area contributed by atoms with E-state index in [1.54, 1.807) is 6.92 Å². The molecule has 1 amide bonds. The number of hydrogen-bond donors (Lipinski definition) is 1. The van der Waals surface area contributed by atoms with Gasteiger partial charge in [0.2, 0.25) is 0 Å². The topological polar surface area (TPSA) is 88.3 Å². The van der Waals surface area contributed by atoms with Crippen LogP contribution in [0.1, 0.15) is 23.8 Å². The molecule has 0 aliphatic heterocycles. The van der Waals surface area contributed by atoms with Crippen LogP contribution in [0.5, 0.6) is 0 Å². The minimum Gasteiger partial charge on any atom is -0.480 e. The Balaban J connectivity index is 2.21. The maximum atomic E-state index is 12.2. The fourth-order valence-corrected chi connectivity index (χ4v) is 1.98. The molecule has 1 unspecified atom stereocenters. The van der Waals surface area contributed by atoms with Crippen molar-refractivity contribution >= 4 is 11.9 Å². The summed E-state index contributed by atoms with van der Waals surface area (Å²) in [5.74, 6) is -1.50. The molecule has 1 aromatic heterocycles. The lowest BCUT2D eigenvalue weighted by molar-refractivity contribution is -0.142. The third-order valence-electron chi connectivity index (χ3n) is 3.16. The number of aliphatic carboxylic acids is 1. The van der Waals surface area contributed by atoms with Gasteiger partial charge in [-0.1, -0.05) is 25.1 Å². The lowest BCUT2D eigenvalue weighted by Gasteiger charge is -2.22. The second-order valence-corrected chi connectivity index (χ2v) is 4.53. The zero-order chi connectivity index (χ0) is 15.4. The SMILES string of the molecule is CCC(C(=O)O)N(C)C(=O)c1cnn(-c2ccccc2)n1. The molecular formula is C14H16N4O3. The number of hydrogen-bond acceptors (Lipinski definition) is 4. The molecule has 0 aliphatic rings. The Morgan fingerprint density at radius 1 is 1.33 bits per heavy atom. The van der Waals surface area contributed by atoms with Gasteiger partial charge in [0, 0.05) is 7.05 Å². The van der Waals surface area contributed by atoms with Crippen LogP contribution < -0.4 is 0 Å². The zero-order valence-electron chi connectivity index (χ0n) is 11.8. The van der Waals surface area contributed by atoms with Crippen LogP contribution in [0.4, 0.5) is 0 Å². The van der Waals surface area contributed by atoms with Crippen LogP contribution in [0.2, 0.25) is 0 Å². The highest BCUT2D eigenvalue weighted by Gasteiger charge is 2.27. The van der Waals surface area contributed by atoms with E-state index >= 15 is 0 Å². The number of carbonyl (C=O) groups excluding carboxylic acids is 1. The summed E-state index contributed by atoms with van der Waals surface area (Å²) in [6.45, 7) is 1.71. The van der Waals surface area contributed by atoms with Crippen molar-refractivity contribution in [2.45, 2.75) is 19.4 Å². The number of nitrogens with zero attached hydrogens (tertiary/aromatic N) is 4. The number of amides is 1. The summed E-state index contributed by atoms with van der Waals surface area (Å²) >= 11 is 0. The highest BCUT2D eigenvalue weighted by Crippen LogP contribution is 2.09. The molecule has 0 aliphatic carbocycles. The first kappa shape index (κ1) is 14.7. The number of benzene rings is 1. The van der Waals surface area contributed by atoms with Gasteiger partial charge in [0.05, 0.1) is 11.9 Å². The van der Waals surface area contributed by atoms with Gasteiger partial charge >= 0.3 is 5.97 Å². The smallest absolute Gasteiger partial charge is 0.326 e. The maximum absolute atomic E-state index is 12.2. The Kier molecular flexibility index (Phi) is 4.32. The number of aromatic nitrogens is 3. The maximum Gasteiger partial charge on any atom is 0.326 e. The highest BCUT2D eigenvalue weighted by atomic mass is 16.4. The summed E-state index contributed by atoms with van der Waals surface area (Å²) in [7, 11) is 1.45. The quantitative estimate of drug-likeness (QED) is 0.893. The average molecular weight is 288 g/mol. The molecule has 1 atom stereocenters. The van der Waals surface area contributed by atoms with Crippen LogP contribution in [-0.4, -0.2) is 50.0 Å². The number of carboxylic acids is 1. The number of likely N-dealkylation sites (N-methyl/N-ethyl adjacent to an activating group) is 1. The summed E-state index contributed by atoms with van der Waals surface area (Å²) in [5, 5.41) is 17.2. The summed E-state index contributed by atoms with van der Waals surface area (Å²) in [6.07, 6.45) is 1.66. The van der Waals surface area contributed by atoms with E-state index in [0.29, 0.717) is 6.42 Å². The molecule has 0 saturated carbocycles. The minimum atomic E-state index is -1.04. The fraction of sp³-hybridized carbons (Fsp3) is 0.286. The molecule has 0 spiro atoms. The molecule has 21 heavy (non-hydrogen) atoms. The lowest BCUT2D eigenvalue weighted by Crippen LogP contribution is -2.42. The molecule has 0 bridgehead atoms. The van der Waals surface area contributed by atoms with Gasteiger partial charge in [0.25, 0.3) is 5.91 Å². The Morgan fingerprint density at radius 2 is 2.00 bits per heavy atom. The summed E-state index contributed by atoms with van der Waals surface area (Å²) in [4.78, 5) is 25.8. The second-order valence-electron chi connectivity index (χ2n) is 4.53. The van der Waals surface area contributed by atoms with E-state index < -0.39 is 17.9 Å². The summed E-state index contributed by atoms with van der Waals surface area (Å²) in [5.41, 5.74) is 0.838. The van der Waals surface area contributed by atoms with Crippen molar-refractivity contribution in [2.75, 3.05) is 7.05 Å². The van der Waals surface area contributed by atoms with Crippen LogP contribution in [0, 0.1) is 0 Å². The molecular weight excluding hydrogens is 272 g/mol. The first-order valence-corrected chi connectivity index (χ1v) is 6.52. The Bertz CT molecular complexity index is 639. The van der Waals surface area contributed by atoms with Gasteiger partial charge in [-0.15, -0.1) is 5.10 Å². The molecule has 110 valence electrons. The van der Waals surface area contributed by atoms with Crippen LogP contribution in [0.3, 0.4) is 0 Å². The zero-order valence-corrected chi connectivity index (χ0v) is 11.8. The predicted molar refractivity (Wildman–Crippen MR) is 75.2 cm³/mol. The second kappa shape index (κ2) is 6.17. The normalized spacial score (nSPS) is 11.9. The molecule has 1 aromatic carbocycles. The predicted octanol–water partition coefficient (Wildman–Crippen LogP) is 1.20. The summed E-state index contributed by atoms with van der Waals surface area (Å²) in [6, 6.07) is 8.28. The van der Waals surface area contributed by atoms with Gasteiger partial charge in [-0.3, -0.25) is 4.79 Å². The molecule has 1 heterocycles. The van der Waals surface area contributed by atoms with Crippen molar-refractivity contribution in [3.63, 3.8) is 0 Å². The van der Waals surface area contributed by atoms with E-state index in [9.17, 15) is 9.59 Å². The van der Waals surface area contributed by atoms with Crippen molar-refractivity contribution in [2.24, 2.45) is 0 Å². The van der Waals surface area contributed by atoms with E-state index in [1.807, 2.05) is 30.3 Å². The van der Waals surface area contributed by atoms with Gasteiger partial charge in [0.1, 0.15) is 6.04 Å². The fourth-order valence-electron chi connectivity index (χ4n) is 1.98. The van der Waals surface area contributed by atoms with Crippen LogP contribution >= 0.6 is 0 Å². The molecule has 1 N–H and O–H groups in total. The molecule has 7 nitrogen and oxygen atoms in total. The van der Waals surface area contributed by atoms with Crippen molar-refractivity contribution < 1.29 is 14.7 Å². The van der Waals surface area contributed by atoms with E-state index in [1.165, 1.54) is 22.9 Å². The molecule has 7 heteroatoms. The molecule has 0 fully saturated rings. The van der Waals surface area contributed by atoms with Crippen molar-refractivity contribution in [3.05, 3.63) is 42.2 Å². The first-order chi connectivity index (χ1) is 10.0. The van der Waals surface area contributed by atoms with Crippen LogP contribution in [0.15, 0.2) is 36.5 Å². The van der Waals surface area contributed by atoms with Crippen molar-refractivity contribution in [1.82, 2.24) is 19.9 Å². The molecule has 2 aromatic rings. The summed E-state index contributed by atoms with van der Waals surface area (Å²) < 4.78 is 0. The largest absolute Gasteiger partial charge is 0.480 e. The van der Waals surface area contributed by atoms with Gasteiger partial charge in [-0.25, -0.2) is 4.79 Å². The third-order valence-corrected chi connectivity index (χ3v) is 3.16. The minimum absolute atomic E-state index is 0.112. The van der Waals surface area contributed by atoms with Crippen molar-refractivity contribution in [3.8, 4) is 5.69 Å². The monoisotopic (exact) mass is 288 g/mol. The van der Waals surface area contributed by atoms with Crippen LogP contribution in [0.25, 0.3) is 5.69 Å². The molecule has 0 saturated heterocycles. The molecule has 0 radical (unpaired) electrons. The third kappa shape index (κ3) is 3.07. The molecule has 2 rings (SSSR count). The number of rotatable bonds is 5. The Morgan fingerprint density at radius 3 is 2.57 bits per heavy atom. The van der Waals surface area contributed by atoms with E-state index in [-0.39, 0.29) is 5.69 Å². The lowest BCUT2D eigenvalue weighted by atomic mass is 10.2. The Hall–Kier alpha value is -2.70. The van der Waals surface area contributed by atoms with E-state index in [4.69, 9.17) is 5.11 Å². The van der Waals surface area contributed by atoms with Crippen LogP contribution in [-0.2, 0) is 4.79 Å². The van der Waals surface area contributed by atoms with Crippen molar-refractivity contribution in [1.29, 1.82) is 0 Å². The van der Waals surface area contributed by atoms with Gasteiger partial charge in [-0.05, 0) is 18.6 Å². The highest BCUT2D eigenvalue weighted by molar-refractivity contribution is 5.94. The standard InChI is InChI=1S/C14H16N4O3/c1-3-12(14(20)21)17(2)13(19)11-9-15-18(16-11)10-7-5-4-6-8-10/h4-9,12H,3H2,1-2H3,(H,20,21). The Labute approximate surface area is 121 Å². The first-order valence-electron chi connectivity index (χ1n) is 6.52. The number of carbonyl (C=O) groups is 2. The van der Waals surface area contributed by atoms with Gasteiger partial charge in [0.15, 0.2) is 5.69 Å².